The van der Waals surface area contributed by atoms with Crippen molar-refractivity contribution in [1.29, 1.82) is 0 Å². The summed E-state index contributed by atoms with van der Waals surface area (Å²) in [6.07, 6.45) is 5.65. The molecule has 3 aromatic rings. The van der Waals surface area contributed by atoms with Crippen molar-refractivity contribution in [3.63, 3.8) is 0 Å². The van der Waals surface area contributed by atoms with Crippen LogP contribution in [-0.4, -0.2) is 81.0 Å². The van der Waals surface area contributed by atoms with Crippen LogP contribution in [-0.2, 0) is 4.79 Å². The maximum absolute atomic E-state index is 16.0. The van der Waals surface area contributed by atoms with Crippen molar-refractivity contribution < 1.29 is 9.18 Å². The lowest BCUT2D eigenvalue weighted by atomic mass is 9.89. The lowest BCUT2D eigenvalue weighted by Gasteiger charge is -2.41. The van der Waals surface area contributed by atoms with Crippen LogP contribution in [0.25, 0.3) is 22.6 Å². The Labute approximate surface area is 242 Å². The number of piperidine rings is 2. The average molecular weight is 609 g/mol. The summed E-state index contributed by atoms with van der Waals surface area (Å²) >= 11 is 3.56. The van der Waals surface area contributed by atoms with Gasteiger partial charge in [0.1, 0.15) is 11.5 Å². The third-order valence-electron chi connectivity index (χ3n) is 8.61. The van der Waals surface area contributed by atoms with E-state index in [0.29, 0.717) is 44.5 Å². The average Bonchev–Trinajstić information content (AvgIpc) is 3.35. The maximum atomic E-state index is 16.0. The number of nitrogens with two attached hydrogens (primary N) is 1. The van der Waals surface area contributed by atoms with Gasteiger partial charge in [-0.05, 0) is 60.7 Å². The van der Waals surface area contributed by atoms with Crippen molar-refractivity contribution in [3.05, 3.63) is 58.7 Å². The van der Waals surface area contributed by atoms with Gasteiger partial charge in [-0.2, -0.15) is 0 Å². The van der Waals surface area contributed by atoms with Crippen LogP contribution in [0.1, 0.15) is 38.6 Å². The molecule has 2 fully saturated rings. The summed E-state index contributed by atoms with van der Waals surface area (Å²) in [5.41, 5.74) is 8.09. The van der Waals surface area contributed by atoms with Crippen molar-refractivity contribution >= 4 is 38.7 Å². The number of halogens is 2. The number of carbonyl (C=O) groups is 1. The molecule has 8 nitrogen and oxygen atoms in total. The number of nitrogens with zero attached hydrogens (tertiary/aromatic N) is 6. The van der Waals surface area contributed by atoms with Crippen LogP contribution in [0.3, 0.4) is 0 Å². The second kappa shape index (κ2) is 11.0. The van der Waals surface area contributed by atoms with Gasteiger partial charge in [-0.3, -0.25) is 19.7 Å². The Kier molecular flexibility index (Phi) is 7.48. The van der Waals surface area contributed by atoms with Gasteiger partial charge in [0, 0.05) is 68.8 Å². The van der Waals surface area contributed by atoms with Gasteiger partial charge in [0.05, 0.1) is 11.0 Å². The number of dihydropyridines is 1. The van der Waals surface area contributed by atoms with Crippen molar-refractivity contribution in [2.45, 2.75) is 44.3 Å². The van der Waals surface area contributed by atoms with Gasteiger partial charge < -0.3 is 15.2 Å². The van der Waals surface area contributed by atoms with E-state index in [4.69, 9.17) is 10.7 Å². The molecule has 3 aliphatic heterocycles. The van der Waals surface area contributed by atoms with Crippen LogP contribution in [0, 0.1) is 5.92 Å². The number of amidine groups is 1. The number of likely N-dealkylation sites (tertiary alicyclic amines) is 2. The van der Waals surface area contributed by atoms with E-state index >= 15 is 4.39 Å². The highest BCUT2D eigenvalue weighted by molar-refractivity contribution is 9.10. The fraction of sp³-hybridized carbons (Fsp3) is 0.467. The van der Waals surface area contributed by atoms with Gasteiger partial charge in [-0.1, -0.05) is 28.9 Å². The predicted octanol–water partition coefficient (Wildman–Crippen LogP) is 4.76. The molecule has 1 atom stereocenters. The zero-order valence-electron chi connectivity index (χ0n) is 22.8. The highest BCUT2D eigenvalue weighted by Gasteiger charge is 2.45. The molecule has 0 radical (unpaired) electrons. The minimum absolute atomic E-state index is 0.145. The summed E-state index contributed by atoms with van der Waals surface area (Å²) in [5, 5.41) is 0. The Balaban J connectivity index is 1.12. The molecule has 10 heteroatoms. The van der Waals surface area contributed by atoms with E-state index in [-0.39, 0.29) is 24.8 Å². The zero-order valence-corrected chi connectivity index (χ0v) is 24.4. The largest absolute Gasteiger partial charge is 0.384 e. The number of alkyl halides is 1. The number of carbonyl (C=O) groups excluding carboxylic acids is 1. The van der Waals surface area contributed by atoms with Crippen molar-refractivity contribution in [2.24, 2.45) is 16.6 Å². The standard InChI is InChI=1S/C30H35BrFN7O/c1-20-18-35-27(33)16-21(20)19-37-14-9-30(32,10-15-37)29(40)38-12-7-23(8-13-38)39-26-6-5-22(31)17-25(26)36-28(39)24-4-2-3-11-34-24/h2-6,11,16-17,20,23H,7-10,12-15,18-19H2,1H3,(H2,33,35). The summed E-state index contributed by atoms with van der Waals surface area (Å²) in [4.78, 5) is 31.2. The summed E-state index contributed by atoms with van der Waals surface area (Å²) in [6, 6.07) is 12.1. The molecule has 1 amide bonds. The van der Waals surface area contributed by atoms with Crippen LogP contribution in [0.4, 0.5) is 4.39 Å². The molecule has 5 heterocycles. The van der Waals surface area contributed by atoms with Crippen molar-refractivity contribution in [1.82, 2.24) is 24.3 Å². The quantitative estimate of drug-likeness (QED) is 0.451. The summed E-state index contributed by atoms with van der Waals surface area (Å²) in [6.45, 7) is 5.76. The van der Waals surface area contributed by atoms with Crippen LogP contribution in [0.2, 0.25) is 0 Å². The third-order valence-corrected chi connectivity index (χ3v) is 9.11. The monoisotopic (exact) mass is 607 g/mol. The maximum Gasteiger partial charge on any atom is 0.260 e. The van der Waals surface area contributed by atoms with Gasteiger partial charge >= 0.3 is 0 Å². The van der Waals surface area contributed by atoms with E-state index in [9.17, 15) is 4.79 Å². The number of hydrogen-bond donors (Lipinski definition) is 1. The van der Waals surface area contributed by atoms with Crippen molar-refractivity contribution in [3.8, 4) is 11.5 Å². The SMILES string of the molecule is CC1CN=C(N)C=C1CN1CCC(F)(C(=O)N2CCC(n3c(-c4ccccn4)nc4cc(Br)ccc43)CC2)CC1. The molecule has 6 rings (SSSR count). The zero-order chi connectivity index (χ0) is 27.9. The molecule has 0 aliphatic carbocycles. The Morgan fingerprint density at radius 2 is 1.93 bits per heavy atom. The second-order valence-corrected chi connectivity index (χ2v) is 12.2. The molecule has 210 valence electrons. The minimum atomic E-state index is -1.80. The fourth-order valence-corrected chi connectivity index (χ4v) is 6.55. The first-order valence-corrected chi connectivity index (χ1v) is 14.9. The highest BCUT2D eigenvalue weighted by atomic mass is 79.9. The molecule has 0 bridgehead atoms. The smallest absolute Gasteiger partial charge is 0.260 e. The molecule has 2 saturated heterocycles. The lowest BCUT2D eigenvalue weighted by Crippen LogP contribution is -2.54. The number of rotatable bonds is 5. The van der Waals surface area contributed by atoms with E-state index in [0.717, 1.165) is 46.4 Å². The van der Waals surface area contributed by atoms with Gasteiger partial charge in [-0.15, -0.1) is 0 Å². The number of aliphatic imine (C=N–C) groups is 1. The molecule has 2 aromatic heterocycles. The van der Waals surface area contributed by atoms with Crippen LogP contribution in [0.5, 0.6) is 0 Å². The number of pyridine rings is 1. The Morgan fingerprint density at radius 1 is 1.15 bits per heavy atom. The number of imidazole rings is 1. The van der Waals surface area contributed by atoms with E-state index in [1.807, 2.05) is 36.4 Å². The molecular weight excluding hydrogens is 573 g/mol. The first-order chi connectivity index (χ1) is 19.3. The molecular formula is C30H35BrFN7O. The number of amides is 1. The van der Waals surface area contributed by atoms with Gasteiger partial charge in [0.2, 0.25) is 0 Å². The molecule has 0 spiro atoms. The van der Waals surface area contributed by atoms with Crippen molar-refractivity contribution in [2.75, 3.05) is 39.3 Å². The summed E-state index contributed by atoms with van der Waals surface area (Å²) in [5.74, 6) is 1.37. The highest BCUT2D eigenvalue weighted by Crippen LogP contribution is 2.36. The first-order valence-electron chi connectivity index (χ1n) is 14.1. The van der Waals surface area contributed by atoms with Crippen LogP contribution < -0.4 is 5.73 Å². The van der Waals surface area contributed by atoms with Gasteiger partial charge in [-0.25, -0.2) is 9.37 Å². The molecule has 1 aromatic carbocycles. The van der Waals surface area contributed by atoms with Gasteiger partial charge in [0.15, 0.2) is 11.5 Å². The fourth-order valence-electron chi connectivity index (χ4n) is 6.20. The molecule has 3 aliphatic rings. The van der Waals surface area contributed by atoms with Gasteiger partial charge in [0.25, 0.3) is 5.91 Å². The number of hydrogen-bond acceptors (Lipinski definition) is 6. The number of fused-ring (bicyclic) bond motifs is 1. The number of aromatic nitrogens is 3. The van der Waals surface area contributed by atoms with E-state index < -0.39 is 5.67 Å². The lowest BCUT2D eigenvalue weighted by molar-refractivity contribution is -0.148. The molecule has 1 unspecified atom stereocenters. The molecule has 0 saturated carbocycles. The topological polar surface area (TPSA) is 92.6 Å². The summed E-state index contributed by atoms with van der Waals surface area (Å²) in [7, 11) is 0. The first kappa shape index (κ1) is 27.1. The number of benzene rings is 1. The van der Waals surface area contributed by atoms with E-state index in [1.165, 1.54) is 5.57 Å². The Hall–Kier alpha value is -3.11. The normalized spacial score (nSPS) is 22.3. The molecule has 40 heavy (non-hydrogen) atoms. The predicted molar refractivity (Wildman–Crippen MR) is 159 cm³/mol. The summed E-state index contributed by atoms with van der Waals surface area (Å²) < 4.78 is 19.3. The Morgan fingerprint density at radius 3 is 2.65 bits per heavy atom. The Bertz CT molecular complexity index is 1450. The van der Waals surface area contributed by atoms with Crippen LogP contribution in [0.15, 0.2) is 63.7 Å². The minimum Gasteiger partial charge on any atom is -0.384 e. The van der Waals surface area contributed by atoms with Crippen LogP contribution >= 0.6 is 15.9 Å². The second-order valence-electron chi connectivity index (χ2n) is 11.3. The third kappa shape index (κ3) is 5.31. The van der Waals surface area contributed by atoms with E-state index in [1.54, 1.807) is 11.1 Å². The van der Waals surface area contributed by atoms with E-state index in [2.05, 4.69) is 48.4 Å². The molecule has 2 N–H and O–H groups in total.